The predicted molar refractivity (Wildman–Crippen MR) is 73.8 cm³/mol. The van der Waals surface area contributed by atoms with Crippen LogP contribution < -0.4 is 5.32 Å². The Balaban J connectivity index is 2.06. The molecule has 4 nitrogen and oxygen atoms in total. The Morgan fingerprint density at radius 3 is 2.55 bits per heavy atom. The molecule has 108 valence electrons. The number of amides is 1. The van der Waals surface area contributed by atoms with E-state index in [1.54, 1.807) is 6.92 Å². The van der Waals surface area contributed by atoms with Crippen LogP contribution in [-0.4, -0.2) is 21.3 Å². The average molecular weight is 320 g/mol. The summed E-state index contributed by atoms with van der Waals surface area (Å²) < 4.78 is 12.3. The van der Waals surface area contributed by atoms with Crippen molar-refractivity contribution in [2.45, 2.75) is 24.1 Å². The van der Waals surface area contributed by atoms with Crippen LogP contribution in [0.1, 0.15) is 30.1 Å². The molecule has 0 aliphatic heterocycles. The van der Waals surface area contributed by atoms with Gasteiger partial charge in [-0.05, 0) is 24.6 Å². The number of halogens is 3. The minimum absolute atomic E-state index is 0.111. The molecule has 0 heterocycles. The first-order valence-electron chi connectivity index (χ1n) is 5.85. The number of rotatable bonds is 4. The van der Waals surface area contributed by atoms with Crippen LogP contribution in [0.3, 0.4) is 0 Å². The molecule has 2 N–H and O–H groups in total. The maximum atomic E-state index is 13.2. The van der Waals surface area contributed by atoms with Gasteiger partial charge in [0.05, 0.1) is 5.56 Å². The van der Waals surface area contributed by atoms with Crippen LogP contribution >= 0.6 is 23.2 Å². The smallest absolute Gasteiger partial charge is 0.338 e. The van der Waals surface area contributed by atoms with Gasteiger partial charge in [-0.3, -0.25) is 4.79 Å². The lowest BCUT2D eigenvalue weighted by molar-refractivity contribution is -0.117. The Labute approximate surface area is 124 Å². The van der Waals surface area contributed by atoms with Crippen molar-refractivity contribution < 1.29 is 19.1 Å². The number of hydrogen-bond acceptors (Lipinski definition) is 2. The highest BCUT2D eigenvalue weighted by atomic mass is 35.5. The number of aromatic carboxylic acids is 1. The molecule has 0 aromatic heterocycles. The number of carbonyl (C=O) groups excluding carboxylic acids is 1. The minimum atomic E-state index is -1.40. The van der Waals surface area contributed by atoms with Gasteiger partial charge in [-0.1, -0.05) is 6.92 Å². The Kier molecular flexibility index (Phi) is 3.69. The van der Waals surface area contributed by atoms with E-state index >= 15 is 0 Å². The maximum absolute atomic E-state index is 13.2. The quantitative estimate of drug-likeness (QED) is 0.835. The second-order valence-corrected chi connectivity index (χ2v) is 6.65. The molecule has 0 spiro atoms. The first-order chi connectivity index (χ1) is 9.14. The molecule has 1 atom stereocenters. The molecule has 1 aliphatic carbocycles. The first kappa shape index (κ1) is 15.1. The van der Waals surface area contributed by atoms with Gasteiger partial charge >= 0.3 is 5.97 Å². The molecular formula is C13H12Cl2FNO3. The number of alkyl halides is 2. The van der Waals surface area contributed by atoms with E-state index in [1.807, 2.05) is 0 Å². The summed E-state index contributed by atoms with van der Waals surface area (Å²) in [6.07, 6.45) is 0.625. The molecule has 0 saturated heterocycles. The van der Waals surface area contributed by atoms with Gasteiger partial charge in [0, 0.05) is 17.5 Å². The monoisotopic (exact) mass is 319 g/mol. The second-order valence-electron chi connectivity index (χ2n) is 5.17. The molecule has 1 unspecified atom stereocenters. The lowest BCUT2D eigenvalue weighted by atomic mass is 10.1. The lowest BCUT2D eigenvalue weighted by Gasteiger charge is -2.12. The van der Waals surface area contributed by atoms with E-state index in [0.717, 1.165) is 12.1 Å². The topological polar surface area (TPSA) is 66.4 Å². The third-order valence-electron chi connectivity index (χ3n) is 3.40. The van der Waals surface area contributed by atoms with E-state index in [1.165, 1.54) is 6.07 Å². The van der Waals surface area contributed by atoms with Gasteiger partial charge in [-0.25, -0.2) is 9.18 Å². The third kappa shape index (κ3) is 2.88. The summed E-state index contributed by atoms with van der Waals surface area (Å²) in [5.41, 5.74) is -0.771. The highest BCUT2D eigenvalue weighted by Crippen LogP contribution is 2.65. The summed E-state index contributed by atoms with van der Waals surface area (Å²) in [6.45, 7) is 1.79. The van der Waals surface area contributed by atoms with E-state index in [2.05, 4.69) is 5.32 Å². The van der Waals surface area contributed by atoms with E-state index < -0.39 is 27.1 Å². The van der Waals surface area contributed by atoms with Crippen LogP contribution in [0, 0.1) is 11.2 Å². The Hall–Kier alpha value is -1.33. The molecule has 1 aromatic carbocycles. The van der Waals surface area contributed by atoms with Gasteiger partial charge in [0.25, 0.3) is 0 Å². The van der Waals surface area contributed by atoms with Crippen molar-refractivity contribution in [1.29, 1.82) is 0 Å². The fraction of sp³-hybridized carbons (Fsp3) is 0.385. The van der Waals surface area contributed by atoms with E-state index in [0.29, 0.717) is 6.42 Å². The van der Waals surface area contributed by atoms with Gasteiger partial charge in [0.2, 0.25) is 5.91 Å². The number of benzene rings is 1. The van der Waals surface area contributed by atoms with Crippen LogP contribution in [0.2, 0.25) is 0 Å². The molecule has 0 bridgehead atoms. The van der Waals surface area contributed by atoms with Crippen molar-refractivity contribution in [3.8, 4) is 0 Å². The third-order valence-corrected chi connectivity index (χ3v) is 4.58. The molecule has 0 radical (unpaired) electrons. The minimum Gasteiger partial charge on any atom is -0.478 e. The van der Waals surface area contributed by atoms with Crippen LogP contribution in [-0.2, 0) is 4.79 Å². The van der Waals surface area contributed by atoms with Crippen LogP contribution in [0.4, 0.5) is 10.1 Å². The Morgan fingerprint density at radius 1 is 1.45 bits per heavy atom. The average Bonchev–Trinajstić information content (AvgIpc) is 2.78. The summed E-state index contributed by atoms with van der Waals surface area (Å²) in [6, 6.07) is 3.36. The summed E-state index contributed by atoms with van der Waals surface area (Å²) in [4.78, 5) is 22.6. The van der Waals surface area contributed by atoms with Gasteiger partial charge < -0.3 is 10.4 Å². The fourth-order valence-corrected chi connectivity index (χ4v) is 2.69. The molecule has 1 amide bonds. The Bertz CT molecular complexity index is 591. The number of carboxylic acid groups (broad SMARTS) is 1. The van der Waals surface area contributed by atoms with E-state index in [-0.39, 0.29) is 18.0 Å². The summed E-state index contributed by atoms with van der Waals surface area (Å²) >= 11 is 11.9. The largest absolute Gasteiger partial charge is 0.478 e. The number of nitrogens with one attached hydrogen (secondary N) is 1. The number of carbonyl (C=O) groups is 2. The normalized spacial score (nSPS) is 23.2. The summed E-state index contributed by atoms with van der Waals surface area (Å²) in [5.74, 6) is -2.60. The fourth-order valence-electron chi connectivity index (χ4n) is 1.96. The molecule has 20 heavy (non-hydrogen) atoms. The van der Waals surface area contributed by atoms with Gasteiger partial charge in [0.1, 0.15) is 10.2 Å². The van der Waals surface area contributed by atoms with Crippen molar-refractivity contribution in [3.05, 3.63) is 29.6 Å². The molecule has 1 aliphatic rings. The van der Waals surface area contributed by atoms with Crippen LogP contribution in [0.25, 0.3) is 0 Å². The molecule has 1 saturated carbocycles. The molecular weight excluding hydrogens is 308 g/mol. The van der Waals surface area contributed by atoms with Crippen LogP contribution in [0.15, 0.2) is 18.2 Å². The number of carboxylic acids is 1. The highest BCUT2D eigenvalue weighted by Gasteiger charge is 2.63. The molecule has 2 rings (SSSR count). The first-order valence-corrected chi connectivity index (χ1v) is 6.61. The molecule has 1 aromatic rings. The van der Waals surface area contributed by atoms with Crippen molar-refractivity contribution in [1.82, 2.24) is 0 Å². The SMILES string of the molecule is CC1(CC(=O)Nc2ccc(F)c(C(=O)O)c2)CC1(Cl)Cl. The van der Waals surface area contributed by atoms with Crippen molar-refractivity contribution in [2.24, 2.45) is 5.41 Å². The number of anilines is 1. The summed E-state index contributed by atoms with van der Waals surface area (Å²) in [5, 5.41) is 11.3. The second kappa shape index (κ2) is 4.90. The zero-order valence-corrected chi connectivity index (χ0v) is 12.1. The van der Waals surface area contributed by atoms with Crippen molar-refractivity contribution >= 4 is 40.8 Å². The zero-order chi connectivity index (χ0) is 15.1. The van der Waals surface area contributed by atoms with E-state index in [9.17, 15) is 14.0 Å². The highest BCUT2D eigenvalue weighted by molar-refractivity contribution is 6.51. The van der Waals surface area contributed by atoms with Gasteiger partial charge in [-0.2, -0.15) is 0 Å². The number of hydrogen-bond donors (Lipinski definition) is 2. The van der Waals surface area contributed by atoms with E-state index in [4.69, 9.17) is 28.3 Å². The summed E-state index contributed by atoms with van der Waals surface area (Å²) in [7, 11) is 0. The Morgan fingerprint density at radius 2 is 2.05 bits per heavy atom. The van der Waals surface area contributed by atoms with Gasteiger partial charge in [-0.15, -0.1) is 23.2 Å². The lowest BCUT2D eigenvalue weighted by Crippen LogP contribution is -2.19. The predicted octanol–water partition coefficient (Wildman–Crippen LogP) is 3.44. The standard InChI is InChI=1S/C13H12Cl2FNO3/c1-12(6-13(12,14)15)5-10(18)17-7-2-3-9(16)8(4-7)11(19)20/h2-4H,5-6H2,1H3,(H,17,18)(H,19,20). The molecule has 1 fully saturated rings. The maximum Gasteiger partial charge on any atom is 0.338 e. The van der Waals surface area contributed by atoms with Crippen molar-refractivity contribution in [3.63, 3.8) is 0 Å². The van der Waals surface area contributed by atoms with Crippen molar-refractivity contribution in [2.75, 3.05) is 5.32 Å². The van der Waals surface area contributed by atoms with Gasteiger partial charge in [0.15, 0.2) is 0 Å². The zero-order valence-electron chi connectivity index (χ0n) is 10.5. The van der Waals surface area contributed by atoms with Crippen LogP contribution in [0.5, 0.6) is 0 Å². The molecule has 7 heteroatoms.